The number of amides is 1. The lowest BCUT2D eigenvalue weighted by Crippen LogP contribution is -2.33. The Morgan fingerprint density at radius 2 is 2.10 bits per heavy atom. The number of aromatic nitrogens is 3. The Balaban J connectivity index is 1.50. The second-order valence-electron chi connectivity index (χ2n) is 7.46. The maximum absolute atomic E-state index is 12.1. The summed E-state index contributed by atoms with van der Waals surface area (Å²) >= 11 is 0. The van der Waals surface area contributed by atoms with Crippen LogP contribution in [0.3, 0.4) is 0 Å². The van der Waals surface area contributed by atoms with Crippen LogP contribution >= 0.6 is 0 Å². The smallest absolute Gasteiger partial charge is 0.446 e. The Morgan fingerprint density at radius 1 is 1.30 bits per heavy atom. The van der Waals surface area contributed by atoms with Gasteiger partial charge in [-0.1, -0.05) is 6.07 Å². The van der Waals surface area contributed by atoms with Crippen molar-refractivity contribution >= 4 is 17.7 Å². The summed E-state index contributed by atoms with van der Waals surface area (Å²) in [5, 5.41) is 12.9. The highest BCUT2D eigenvalue weighted by Crippen LogP contribution is 2.36. The van der Waals surface area contributed by atoms with Gasteiger partial charge in [-0.25, -0.2) is 9.78 Å². The SMILES string of the molecule is CC(C)NC(=O)OC1CCC(c2cc(Nc3ccc(COC(F)(F)F)cn3)n[nH]2)C1. The summed E-state index contributed by atoms with van der Waals surface area (Å²) in [5.74, 6) is 1.18. The van der Waals surface area contributed by atoms with Crippen LogP contribution in [0.5, 0.6) is 0 Å². The predicted octanol–water partition coefficient (Wildman–Crippen LogP) is 4.36. The highest BCUT2D eigenvalue weighted by atomic mass is 19.4. The van der Waals surface area contributed by atoms with E-state index in [0.717, 1.165) is 18.5 Å². The van der Waals surface area contributed by atoms with E-state index in [0.29, 0.717) is 23.6 Å². The number of anilines is 2. The average molecular weight is 427 g/mol. The van der Waals surface area contributed by atoms with Gasteiger partial charge in [0.2, 0.25) is 0 Å². The normalized spacial score (nSPS) is 19.1. The molecule has 2 aromatic heterocycles. The first-order valence-corrected chi connectivity index (χ1v) is 9.63. The van der Waals surface area contributed by atoms with E-state index in [-0.39, 0.29) is 18.1 Å². The molecule has 2 heterocycles. The Bertz CT molecular complexity index is 839. The van der Waals surface area contributed by atoms with Crippen molar-refractivity contribution in [2.75, 3.05) is 5.32 Å². The summed E-state index contributed by atoms with van der Waals surface area (Å²) in [6.45, 7) is 3.15. The molecule has 1 aliphatic rings. The first-order valence-electron chi connectivity index (χ1n) is 9.63. The third-order valence-electron chi connectivity index (χ3n) is 4.59. The van der Waals surface area contributed by atoms with Crippen LogP contribution < -0.4 is 10.6 Å². The lowest BCUT2D eigenvalue weighted by atomic mass is 10.0. The Morgan fingerprint density at radius 3 is 2.77 bits per heavy atom. The topological polar surface area (TPSA) is 101 Å². The Hall–Kier alpha value is -2.82. The highest BCUT2D eigenvalue weighted by Gasteiger charge is 2.30. The van der Waals surface area contributed by atoms with Crippen molar-refractivity contribution in [2.45, 2.75) is 64.1 Å². The fourth-order valence-corrected chi connectivity index (χ4v) is 3.24. The van der Waals surface area contributed by atoms with Gasteiger partial charge in [0.05, 0.1) is 6.61 Å². The molecule has 11 heteroatoms. The number of rotatable bonds is 7. The molecule has 2 unspecified atom stereocenters. The number of aromatic amines is 1. The lowest BCUT2D eigenvalue weighted by molar-refractivity contribution is -0.330. The molecule has 1 aliphatic carbocycles. The van der Waals surface area contributed by atoms with Gasteiger partial charge in [-0.2, -0.15) is 5.10 Å². The summed E-state index contributed by atoms with van der Waals surface area (Å²) in [7, 11) is 0. The highest BCUT2D eigenvalue weighted by molar-refractivity contribution is 5.67. The van der Waals surface area contributed by atoms with Crippen LogP contribution in [0.25, 0.3) is 0 Å². The maximum atomic E-state index is 12.1. The zero-order valence-electron chi connectivity index (χ0n) is 16.6. The van der Waals surface area contributed by atoms with Crippen LogP contribution in [-0.2, 0) is 16.1 Å². The van der Waals surface area contributed by atoms with E-state index >= 15 is 0 Å². The third kappa shape index (κ3) is 6.61. The minimum atomic E-state index is -4.68. The molecule has 0 aliphatic heterocycles. The Labute approximate surface area is 171 Å². The van der Waals surface area contributed by atoms with Crippen LogP contribution in [-0.4, -0.2) is 39.8 Å². The molecule has 3 rings (SSSR count). The molecule has 2 atom stereocenters. The van der Waals surface area contributed by atoms with Crippen molar-refractivity contribution in [1.82, 2.24) is 20.5 Å². The van der Waals surface area contributed by atoms with Gasteiger partial charge in [-0.15, -0.1) is 13.2 Å². The molecule has 0 saturated heterocycles. The molecule has 0 aromatic carbocycles. The van der Waals surface area contributed by atoms with E-state index in [1.54, 1.807) is 6.07 Å². The van der Waals surface area contributed by atoms with Crippen LogP contribution in [0, 0.1) is 0 Å². The molecule has 164 valence electrons. The molecule has 2 aromatic rings. The van der Waals surface area contributed by atoms with E-state index in [1.165, 1.54) is 12.3 Å². The average Bonchev–Trinajstić information content (AvgIpc) is 3.29. The molecule has 1 amide bonds. The number of alkyl halides is 3. The van der Waals surface area contributed by atoms with E-state index in [2.05, 4.69) is 30.6 Å². The standard InChI is InChI=1S/C19H24F3N5O3/c1-11(2)24-18(28)30-14-5-4-13(7-14)15-8-17(27-26-15)25-16-6-3-12(9-23-16)10-29-19(20,21)22/h3,6,8-9,11,13-14H,4-5,7,10H2,1-2H3,(H,24,28)(H2,23,25,26,27). The number of nitrogens with zero attached hydrogens (tertiary/aromatic N) is 2. The number of alkyl carbamates (subject to hydrolysis) is 1. The molecule has 0 bridgehead atoms. The number of hydrogen-bond acceptors (Lipinski definition) is 6. The van der Waals surface area contributed by atoms with Gasteiger partial charge in [0.1, 0.15) is 11.9 Å². The number of pyridine rings is 1. The van der Waals surface area contributed by atoms with E-state index < -0.39 is 19.1 Å². The number of ether oxygens (including phenoxy) is 2. The van der Waals surface area contributed by atoms with E-state index in [4.69, 9.17) is 4.74 Å². The molecule has 30 heavy (non-hydrogen) atoms. The van der Waals surface area contributed by atoms with Crippen molar-refractivity contribution in [2.24, 2.45) is 0 Å². The fraction of sp³-hybridized carbons (Fsp3) is 0.526. The van der Waals surface area contributed by atoms with Crippen LogP contribution in [0.15, 0.2) is 24.4 Å². The Kier molecular flexibility index (Phi) is 6.80. The molecular formula is C19H24F3N5O3. The zero-order valence-corrected chi connectivity index (χ0v) is 16.6. The van der Waals surface area contributed by atoms with Gasteiger partial charge in [0.15, 0.2) is 5.82 Å². The fourth-order valence-electron chi connectivity index (χ4n) is 3.24. The van der Waals surface area contributed by atoms with Gasteiger partial charge >= 0.3 is 12.5 Å². The van der Waals surface area contributed by atoms with Gasteiger partial charge in [-0.3, -0.25) is 9.84 Å². The minimum absolute atomic E-state index is 0.0239. The molecule has 0 spiro atoms. The number of carbonyl (C=O) groups is 1. The third-order valence-corrected chi connectivity index (χ3v) is 4.59. The molecule has 1 saturated carbocycles. The molecule has 3 N–H and O–H groups in total. The molecule has 0 radical (unpaired) electrons. The monoisotopic (exact) mass is 427 g/mol. The summed E-state index contributed by atoms with van der Waals surface area (Å²) < 4.78 is 45.5. The quantitative estimate of drug-likeness (QED) is 0.607. The first-order chi connectivity index (χ1) is 14.2. The first kappa shape index (κ1) is 21.9. The number of nitrogens with one attached hydrogen (secondary N) is 3. The largest absolute Gasteiger partial charge is 0.522 e. The summed E-state index contributed by atoms with van der Waals surface area (Å²) in [6.07, 6.45) is -1.55. The lowest BCUT2D eigenvalue weighted by Gasteiger charge is -2.14. The zero-order chi connectivity index (χ0) is 21.7. The van der Waals surface area contributed by atoms with Gasteiger partial charge in [0.25, 0.3) is 0 Å². The van der Waals surface area contributed by atoms with Crippen molar-refractivity contribution in [3.63, 3.8) is 0 Å². The van der Waals surface area contributed by atoms with Crippen LogP contribution in [0.2, 0.25) is 0 Å². The van der Waals surface area contributed by atoms with Crippen molar-refractivity contribution in [3.05, 3.63) is 35.7 Å². The summed E-state index contributed by atoms with van der Waals surface area (Å²) in [4.78, 5) is 15.8. The molecule has 8 nitrogen and oxygen atoms in total. The van der Waals surface area contributed by atoms with E-state index in [1.807, 2.05) is 19.9 Å². The summed E-state index contributed by atoms with van der Waals surface area (Å²) in [6, 6.07) is 4.92. The molecular weight excluding hydrogens is 403 g/mol. The summed E-state index contributed by atoms with van der Waals surface area (Å²) in [5.41, 5.74) is 1.22. The van der Waals surface area contributed by atoms with Crippen LogP contribution in [0.4, 0.5) is 29.6 Å². The number of halogens is 3. The predicted molar refractivity (Wildman–Crippen MR) is 102 cm³/mol. The van der Waals surface area contributed by atoms with Crippen LogP contribution in [0.1, 0.15) is 50.3 Å². The second-order valence-corrected chi connectivity index (χ2v) is 7.46. The van der Waals surface area contributed by atoms with Crippen molar-refractivity contribution in [1.29, 1.82) is 0 Å². The van der Waals surface area contributed by atoms with Gasteiger partial charge in [0, 0.05) is 29.9 Å². The number of H-pyrrole nitrogens is 1. The van der Waals surface area contributed by atoms with Gasteiger partial charge < -0.3 is 15.4 Å². The minimum Gasteiger partial charge on any atom is -0.446 e. The van der Waals surface area contributed by atoms with Crippen molar-refractivity contribution in [3.8, 4) is 0 Å². The molecule has 1 fully saturated rings. The van der Waals surface area contributed by atoms with Gasteiger partial charge in [-0.05, 0) is 44.7 Å². The number of hydrogen-bond donors (Lipinski definition) is 3. The second kappa shape index (κ2) is 9.33. The maximum Gasteiger partial charge on any atom is 0.522 e. The number of carbonyl (C=O) groups excluding carboxylic acids is 1. The van der Waals surface area contributed by atoms with Crippen molar-refractivity contribution < 1.29 is 27.4 Å². The van der Waals surface area contributed by atoms with E-state index in [9.17, 15) is 18.0 Å².